The quantitative estimate of drug-likeness (QED) is 0.716. The van der Waals surface area contributed by atoms with Crippen molar-refractivity contribution in [2.24, 2.45) is 0 Å². The molecule has 0 spiro atoms. The van der Waals surface area contributed by atoms with Gasteiger partial charge in [-0.3, -0.25) is 4.79 Å². The molecule has 128 valence electrons. The summed E-state index contributed by atoms with van der Waals surface area (Å²) in [6, 6.07) is 13.5. The van der Waals surface area contributed by atoms with Crippen LogP contribution < -0.4 is 21.7 Å². The number of methoxy groups -OCH3 is 1. The Morgan fingerprint density at radius 2 is 1.88 bits per heavy atom. The van der Waals surface area contributed by atoms with Gasteiger partial charge < -0.3 is 10.5 Å². The Bertz CT molecular complexity index is 1030. The van der Waals surface area contributed by atoms with Crippen LogP contribution in [0.4, 0.5) is 5.69 Å². The van der Waals surface area contributed by atoms with Crippen LogP contribution in [0.25, 0.3) is 5.69 Å². The molecule has 0 aliphatic heterocycles. The van der Waals surface area contributed by atoms with Gasteiger partial charge in [0.25, 0.3) is 5.88 Å². The van der Waals surface area contributed by atoms with Crippen LogP contribution >= 0.6 is 11.6 Å². The monoisotopic (exact) mass is 358 g/mol. The molecule has 0 aliphatic rings. The topological polar surface area (TPSA) is 92.1 Å². The number of nitrogens with two attached hydrogens (primary N) is 1. The van der Waals surface area contributed by atoms with Crippen LogP contribution in [0.15, 0.2) is 58.1 Å². The van der Waals surface area contributed by atoms with Crippen LogP contribution in [0.5, 0.6) is 5.88 Å². The molecule has 8 heteroatoms. The third kappa shape index (κ3) is 3.41. The number of nitrogens with zero attached hydrogens (tertiary/aromatic N) is 3. The molecule has 7 nitrogen and oxygen atoms in total. The van der Waals surface area contributed by atoms with Crippen molar-refractivity contribution in [3.8, 4) is 11.6 Å². The highest BCUT2D eigenvalue weighted by Crippen LogP contribution is 2.11. The molecule has 2 N–H and O–H groups in total. The first-order valence-electron chi connectivity index (χ1n) is 7.38. The van der Waals surface area contributed by atoms with Crippen LogP contribution in [0.3, 0.4) is 0 Å². The van der Waals surface area contributed by atoms with Crippen molar-refractivity contribution in [3.63, 3.8) is 0 Å². The van der Waals surface area contributed by atoms with Gasteiger partial charge >= 0.3 is 11.2 Å². The zero-order valence-corrected chi connectivity index (χ0v) is 14.1. The predicted octanol–water partition coefficient (Wildman–Crippen LogP) is 1.69. The number of halogens is 1. The van der Waals surface area contributed by atoms with Crippen molar-refractivity contribution in [2.45, 2.75) is 6.54 Å². The summed E-state index contributed by atoms with van der Waals surface area (Å²) in [7, 11) is 1.32. The van der Waals surface area contributed by atoms with Crippen molar-refractivity contribution in [1.29, 1.82) is 0 Å². The highest BCUT2D eigenvalue weighted by molar-refractivity contribution is 6.30. The van der Waals surface area contributed by atoms with Gasteiger partial charge in [-0.2, -0.15) is 4.68 Å². The molecule has 25 heavy (non-hydrogen) atoms. The Hall–Kier alpha value is -3.06. The van der Waals surface area contributed by atoms with E-state index in [1.807, 2.05) is 0 Å². The molecule has 0 bridgehead atoms. The molecular formula is C17H15ClN4O3. The van der Waals surface area contributed by atoms with Gasteiger partial charge in [0.05, 0.1) is 19.3 Å². The number of nitrogen functional groups attached to an aromatic ring is 1. The molecular weight excluding hydrogens is 344 g/mol. The van der Waals surface area contributed by atoms with Gasteiger partial charge in [-0.25, -0.2) is 9.36 Å². The number of hydrogen-bond donors (Lipinski definition) is 1. The van der Waals surface area contributed by atoms with E-state index in [0.717, 1.165) is 14.8 Å². The molecule has 0 unspecified atom stereocenters. The molecule has 0 saturated carbocycles. The van der Waals surface area contributed by atoms with Gasteiger partial charge in [0, 0.05) is 10.7 Å². The highest BCUT2D eigenvalue weighted by Gasteiger charge is 2.15. The van der Waals surface area contributed by atoms with Gasteiger partial charge in [-0.05, 0) is 35.9 Å². The summed E-state index contributed by atoms with van der Waals surface area (Å²) in [5.41, 5.74) is 6.22. The summed E-state index contributed by atoms with van der Waals surface area (Å²) in [5, 5.41) is 4.56. The summed E-state index contributed by atoms with van der Waals surface area (Å²) in [5.74, 6) is -0.184. The Balaban J connectivity index is 2.17. The lowest BCUT2D eigenvalue weighted by molar-refractivity contribution is 0.367. The highest BCUT2D eigenvalue weighted by atomic mass is 35.5. The second-order valence-corrected chi connectivity index (χ2v) is 5.75. The third-order valence-corrected chi connectivity index (χ3v) is 3.85. The zero-order chi connectivity index (χ0) is 18.0. The molecule has 0 atom stereocenters. The van der Waals surface area contributed by atoms with E-state index in [0.29, 0.717) is 16.4 Å². The molecule has 1 aromatic heterocycles. The smallest absolute Gasteiger partial charge is 0.352 e. The summed E-state index contributed by atoms with van der Waals surface area (Å²) < 4.78 is 7.18. The van der Waals surface area contributed by atoms with Crippen LogP contribution in [-0.4, -0.2) is 21.5 Å². The van der Waals surface area contributed by atoms with E-state index in [9.17, 15) is 9.59 Å². The molecule has 0 aliphatic carbocycles. The molecule has 0 fully saturated rings. The summed E-state index contributed by atoms with van der Waals surface area (Å²) in [4.78, 5) is 25.2. The normalized spacial score (nSPS) is 10.6. The average molecular weight is 359 g/mol. The van der Waals surface area contributed by atoms with Crippen LogP contribution in [0, 0.1) is 0 Å². The van der Waals surface area contributed by atoms with Crippen molar-refractivity contribution >= 4 is 17.3 Å². The lowest BCUT2D eigenvalue weighted by Gasteiger charge is -2.11. The number of ether oxygens (including phenoxy) is 1. The minimum atomic E-state index is -0.609. The second kappa shape index (κ2) is 6.82. The molecule has 3 aromatic rings. The fourth-order valence-electron chi connectivity index (χ4n) is 2.36. The number of hydrogen-bond acceptors (Lipinski definition) is 5. The number of anilines is 1. The molecule has 3 rings (SSSR count). The van der Waals surface area contributed by atoms with E-state index in [1.165, 1.54) is 7.11 Å². The largest absolute Gasteiger partial charge is 0.476 e. The van der Waals surface area contributed by atoms with E-state index in [-0.39, 0.29) is 12.4 Å². The molecule has 2 aromatic carbocycles. The van der Waals surface area contributed by atoms with Crippen molar-refractivity contribution in [2.75, 3.05) is 12.8 Å². The fraction of sp³-hybridized carbons (Fsp3) is 0.118. The van der Waals surface area contributed by atoms with Gasteiger partial charge in [0.2, 0.25) is 0 Å². The maximum atomic E-state index is 12.8. The van der Waals surface area contributed by atoms with E-state index in [1.54, 1.807) is 48.5 Å². The second-order valence-electron chi connectivity index (χ2n) is 5.32. The van der Waals surface area contributed by atoms with Crippen LogP contribution in [0.2, 0.25) is 5.02 Å². The summed E-state index contributed by atoms with van der Waals surface area (Å²) >= 11 is 5.87. The number of benzene rings is 2. The Morgan fingerprint density at radius 3 is 2.52 bits per heavy atom. The Kier molecular flexibility index (Phi) is 4.58. The maximum absolute atomic E-state index is 12.8. The molecule has 0 amide bonds. The first kappa shape index (κ1) is 16.8. The minimum Gasteiger partial charge on any atom is -0.476 e. The first-order valence-corrected chi connectivity index (χ1v) is 7.76. The summed E-state index contributed by atoms with van der Waals surface area (Å²) in [6.07, 6.45) is 0. The Morgan fingerprint density at radius 1 is 1.16 bits per heavy atom. The standard InChI is InChI=1S/C17H15ClN4O3/c1-25-15-16(23)21(10-11-5-7-12(18)8-6-11)17(24)22(20-15)14-4-2-3-13(19)9-14/h2-9H,10,19H2,1H3. The van der Waals surface area contributed by atoms with E-state index >= 15 is 0 Å². The van der Waals surface area contributed by atoms with Gasteiger partial charge in [-0.1, -0.05) is 29.8 Å². The number of aromatic nitrogens is 3. The van der Waals surface area contributed by atoms with Crippen molar-refractivity contribution in [1.82, 2.24) is 14.3 Å². The SMILES string of the molecule is COc1nn(-c2cccc(N)c2)c(=O)n(Cc2ccc(Cl)cc2)c1=O. The maximum Gasteiger partial charge on any atom is 0.352 e. The average Bonchev–Trinajstić information content (AvgIpc) is 2.60. The third-order valence-electron chi connectivity index (χ3n) is 3.59. The first-order chi connectivity index (χ1) is 12.0. The zero-order valence-electron chi connectivity index (χ0n) is 13.3. The number of rotatable bonds is 4. The summed E-state index contributed by atoms with van der Waals surface area (Å²) in [6.45, 7) is 0.0655. The predicted molar refractivity (Wildman–Crippen MR) is 95.6 cm³/mol. The van der Waals surface area contributed by atoms with Crippen LogP contribution in [0.1, 0.15) is 5.56 Å². The van der Waals surface area contributed by atoms with Crippen molar-refractivity contribution in [3.05, 3.63) is 80.0 Å². The lowest BCUT2D eigenvalue weighted by Crippen LogP contribution is -2.41. The van der Waals surface area contributed by atoms with Gasteiger partial charge in [0.1, 0.15) is 0 Å². The fourth-order valence-corrected chi connectivity index (χ4v) is 2.48. The van der Waals surface area contributed by atoms with Gasteiger partial charge in [-0.15, -0.1) is 5.10 Å². The van der Waals surface area contributed by atoms with Gasteiger partial charge in [0.15, 0.2) is 0 Å². The van der Waals surface area contributed by atoms with Crippen LogP contribution in [-0.2, 0) is 6.54 Å². The molecule has 1 heterocycles. The van der Waals surface area contributed by atoms with E-state index in [2.05, 4.69) is 5.10 Å². The Labute approximate surface area is 147 Å². The molecule has 0 saturated heterocycles. The molecule has 0 radical (unpaired) electrons. The minimum absolute atomic E-state index is 0.0655. The van der Waals surface area contributed by atoms with Crippen molar-refractivity contribution < 1.29 is 4.74 Å². The lowest BCUT2D eigenvalue weighted by atomic mass is 10.2. The van der Waals surface area contributed by atoms with E-state index in [4.69, 9.17) is 22.1 Å². The van der Waals surface area contributed by atoms with E-state index < -0.39 is 11.2 Å².